The predicted molar refractivity (Wildman–Crippen MR) is 62.9 cm³/mol. The normalized spacial score (nSPS) is 12.9. The van der Waals surface area contributed by atoms with Crippen molar-refractivity contribution in [1.82, 2.24) is 9.97 Å². The summed E-state index contributed by atoms with van der Waals surface area (Å²) in [6, 6.07) is 2.35. The van der Waals surface area contributed by atoms with E-state index < -0.39 is 0 Å². The van der Waals surface area contributed by atoms with E-state index in [-0.39, 0.29) is 0 Å². The summed E-state index contributed by atoms with van der Waals surface area (Å²) < 4.78 is 0. The van der Waals surface area contributed by atoms with Crippen molar-refractivity contribution in [1.29, 1.82) is 0 Å². The molecule has 0 amide bonds. The molecular formula is C11H20N4. The molecule has 0 aliphatic rings. The first-order chi connectivity index (χ1) is 7.13. The van der Waals surface area contributed by atoms with Gasteiger partial charge in [0.15, 0.2) is 0 Å². The molecule has 1 aromatic heterocycles. The Labute approximate surface area is 91.3 Å². The molecule has 1 unspecified atom stereocenters. The lowest BCUT2D eigenvalue weighted by Crippen LogP contribution is -2.20. The monoisotopic (exact) mass is 208 g/mol. The molecule has 1 atom stereocenters. The van der Waals surface area contributed by atoms with Crippen LogP contribution in [0.5, 0.6) is 0 Å². The quantitative estimate of drug-likeness (QED) is 0.773. The molecule has 0 bridgehead atoms. The van der Waals surface area contributed by atoms with Gasteiger partial charge in [-0.2, -0.15) is 0 Å². The van der Waals surface area contributed by atoms with E-state index in [0.717, 1.165) is 17.9 Å². The van der Waals surface area contributed by atoms with Crippen LogP contribution < -0.4 is 11.1 Å². The fraction of sp³-hybridized carbons (Fsp3) is 0.636. The van der Waals surface area contributed by atoms with E-state index in [1.165, 1.54) is 0 Å². The molecule has 15 heavy (non-hydrogen) atoms. The van der Waals surface area contributed by atoms with Gasteiger partial charge in [0.05, 0.1) is 0 Å². The molecule has 4 nitrogen and oxygen atoms in total. The lowest BCUT2D eigenvalue weighted by atomic mass is 10.1. The van der Waals surface area contributed by atoms with Gasteiger partial charge in [0, 0.05) is 17.8 Å². The largest absolute Gasteiger partial charge is 0.367 e. The second-order valence-corrected chi connectivity index (χ2v) is 4.11. The fourth-order valence-electron chi connectivity index (χ4n) is 1.34. The van der Waals surface area contributed by atoms with E-state index in [2.05, 4.69) is 36.1 Å². The maximum absolute atomic E-state index is 5.49. The molecule has 0 saturated carbocycles. The highest BCUT2D eigenvalue weighted by Gasteiger charge is 2.05. The van der Waals surface area contributed by atoms with Gasteiger partial charge in [-0.05, 0) is 25.8 Å². The zero-order valence-electron chi connectivity index (χ0n) is 9.70. The van der Waals surface area contributed by atoms with Crippen molar-refractivity contribution in [3.8, 4) is 0 Å². The van der Waals surface area contributed by atoms with Gasteiger partial charge >= 0.3 is 0 Å². The third kappa shape index (κ3) is 3.83. The van der Waals surface area contributed by atoms with Gasteiger partial charge in [0.2, 0.25) is 0 Å². The molecule has 0 fully saturated rings. The van der Waals surface area contributed by atoms with Crippen LogP contribution in [0, 0.1) is 0 Å². The molecule has 0 saturated heterocycles. The van der Waals surface area contributed by atoms with Crippen molar-refractivity contribution >= 4 is 5.82 Å². The Morgan fingerprint density at radius 1 is 1.33 bits per heavy atom. The van der Waals surface area contributed by atoms with Crippen LogP contribution >= 0.6 is 0 Å². The highest BCUT2D eigenvalue weighted by atomic mass is 15.0. The number of hydrogen-bond donors (Lipinski definition) is 2. The van der Waals surface area contributed by atoms with Gasteiger partial charge in [-0.1, -0.05) is 13.8 Å². The van der Waals surface area contributed by atoms with Crippen molar-refractivity contribution in [3.05, 3.63) is 18.1 Å². The highest BCUT2D eigenvalue weighted by molar-refractivity contribution is 5.36. The first-order valence-corrected chi connectivity index (χ1v) is 5.42. The van der Waals surface area contributed by atoms with E-state index in [0.29, 0.717) is 18.5 Å². The molecule has 0 spiro atoms. The minimum absolute atomic E-state index is 0.352. The molecule has 3 N–H and O–H groups in total. The number of nitrogens with zero attached hydrogens (tertiary/aromatic N) is 2. The third-order valence-corrected chi connectivity index (χ3v) is 2.27. The molecule has 1 aromatic rings. The van der Waals surface area contributed by atoms with Crippen LogP contribution in [0.4, 0.5) is 5.82 Å². The summed E-state index contributed by atoms with van der Waals surface area (Å²) in [6.45, 7) is 7.03. The molecular weight excluding hydrogens is 188 g/mol. The smallest absolute Gasteiger partial charge is 0.129 e. The maximum atomic E-state index is 5.49. The number of hydrogen-bond acceptors (Lipinski definition) is 4. The van der Waals surface area contributed by atoms with E-state index in [4.69, 9.17) is 5.73 Å². The maximum Gasteiger partial charge on any atom is 0.129 e. The van der Waals surface area contributed by atoms with E-state index in [9.17, 15) is 0 Å². The summed E-state index contributed by atoms with van der Waals surface area (Å²) in [5.74, 6) is 1.31. The molecule has 0 aliphatic carbocycles. The zero-order chi connectivity index (χ0) is 11.3. The predicted octanol–water partition coefficient (Wildman–Crippen LogP) is 1.75. The Balaban J connectivity index is 2.65. The zero-order valence-corrected chi connectivity index (χ0v) is 9.70. The Hall–Kier alpha value is -1.16. The summed E-state index contributed by atoms with van der Waals surface area (Å²) >= 11 is 0. The summed E-state index contributed by atoms with van der Waals surface area (Å²) in [7, 11) is 0. The Morgan fingerprint density at radius 3 is 2.67 bits per heavy atom. The van der Waals surface area contributed by atoms with Crippen LogP contribution in [0.3, 0.4) is 0 Å². The molecule has 1 heterocycles. The van der Waals surface area contributed by atoms with Gasteiger partial charge in [-0.3, -0.25) is 0 Å². The molecule has 4 heteroatoms. The Morgan fingerprint density at radius 2 is 2.07 bits per heavy atom. The van der Waals surface area contributed by atoms with Crippen LogP contribution in [0.15, 0.2) is 12.4 Å². The third-order valence-electron chi connectivity index (χ3n) is 2.27. The lowest BCUT2D eigenvalue weighted by molar-refractivity contribution is 0.711. The summed E-state index contributed by atoms with van der Waals surface area (Å²) in [5, 5.41) is 3.31. The second kappa shape index (κ2) is 5.66. The van der Waals surface area contributed by atoms with Crippen LogP contribution in [-0.2, 0) is 0 Å². The summed E-state index contributed by atoms with van der Waals surface area (Å²) in [6.07, 6.45) is 2.55. The average molecular weight is 208 g/mol. The minimum atomic E-state index is 0.352. The second-order valence-electron chi connectivity index (χ2n) is 4.11. The average Bonchev–Trinajstić information content (AvgIpc) is 2.18. The number of anilines is 1. The summed E-state index contributed by atoms with van der Waals surface area (Å²) in [5.41, 5.74) is 6.55. The van der Waals surface area contributed by atoms with Gasteiger partial charge in [0.25, 0.3) is 0 Å². The topological polar surface area (TPSA) is 63.8 Å². The number of aromatic nitrogens is 2. The van der Waals surface area contributed by atoms with Gasteiger partial charge < -0.3 is 11.1 Å². The van der Waals surface area contributed by atoms with Crippen molar-refractivity contribution in [2.45, 2.75) is 39.2 Å². The van der Waals surface area contributed by atoms with Gasteiger partial charge in [-0.25, -0.2) is 9.97 Å². The molecule has 84 valence electrons. The first kappa shape index (κ1) is 11.9. The summed E-state index contributed by atoms with van der Waals surface area (Å²) in [4.78, 5) is 8.40. The number of rotatable bonds is 5. The first-order valence-electron chi connectivity index (χ1n) is 5.42. The standard InChI is InChI=1S/C11H20N4/c1-8(2)10-6-11(14-7-13-10)15-9(3)4-5-12/h6-9H,4-5,12H2,1-3H3,(H,13,14,15). The highest BCUT2D eigenvalue weighted by Crippen LogP contribution is 2.14. The van der Waals surface area contributed by atoms with Crippen molar-refractivity contribution in [3.63, 3.8) is 0 Å². The van der Waals surface area contributed by atoms with Crippen LogP contribution in [0.1, 0.15) is 38.8 Å². The van der Waals surface area contributed by atoms with Crippen LogP contribution in [0.2, 0.25) is 0 Å². The lowest BCUT2D eigenvalue weighted by Gasteiger charge is -2.14. The molecule has 0 aliphatic heterocycles. The van der Waals surface area contributed by atoms with Gasteiger partial charge in [0.1, 0.15) is 12.1 Å². The fourth-order valence-corrected chi connectivity index (χ4v) is 1.34. The Bertz CT molecular complexity index is 298. The van der Waals surface area contributed by atoms with Crippen molar-refractivity contribution in [2.24, 2.45) is 5.73 Å². The van der Waals surface area contributed by atoms with E-state index in [1.54, 1.807) is 6.33 Å². The SMILES string of the molecule is CC(CCN)Nc1cc(C(C)C)ncn1. The molecule has 0 aromatic carbocycles. The molecule has 1 rings (SSSR count). The van der Waals surface area contributed by atoms with Crippen LogP contribution in [-0.4, -0.2) is 22.6 Å². The van der Waals surface area contributed by atoms with E-state index >= 15 is 0 Å². The molecule has 0 radical (unpaired) electrons. The number of nitrogens with two attached hydrogens (primary N) is 1. The van der Waals surface area contributed by atoms with Gasteiger partial charge in [-0.15, -0.1) is 0 Å². The van der Waals surface area contributed by atoms with E-state index in [1.807, 2.05) is 6.07 Å². The number of nitrogens with one attached hydrogen (secondary N) is 1. The van der Waals surface area contributed by atoms with Crippen molar-refractivity contribution < 1.29 is 0 Å². The van der Waals surface area contributed by atoms with Crippen molar-refractivity contribution in [2.75, 3.05) is 11.9 Å². The van der Waals surface area contributed by atoms with Crippen LogP contribution in [0.25, 0.3) is 0 Å². The minimum Gasteiger partial charge on any atom is -0.367 e. The Kier molecular flexibility index (Phi) is 4.49.